The lowest BCUT2D eigenvalue weighted by Gasteiger charge is -2.10. The molecule has 0 radical (unpaired) electrons. The van der Waals surface area contributed by atoms with E-state index < -0.39 is 0 Å². The minimum absolute atomic E-state index is 0.845. The van der Waals surface area contributed by atoms with Gasteiger partial charge >= 0.3 is 0 Å². The standard InChI is InChI=1S/C14H26N4O/c1-4-12-17-13(15-5-2)11-14(18-12)16-9-7-6-8-10-19-3/h11H,4-10H2,1-3H3,(H2,15,16,17,18). The van der Waals surface area contributed by atoms with Crippen molar-refractivity contribution in [2.45, 2.75) is 39.5 Å². The van der Waals surface area contributed by atoms with Gasteiger partial charge in [0.2, 0.25) is 0 Å². The lowest BCUT2D eigenvalue weighted by atomic mass is 10.2. The summed E-state index contributed by atoms with van der Waals surface area (Å²) in [6, 6.07) is 1.97. The molecular formula is C14H26N4O. The van der Waals surface area contributed by atoms with Crippen molar-refractivity contribution in [3.8, 4) is 0 Å². The van der Waals surface area contributed by atoms with Crippen molar-refractivity contribution in [1.29, 1.82) is 0 Å². The second-order valence-electron chi connectivity index (χ2n) is 4.42. The van der Waals surface area contributed by atoms with E-state index in [1.807, 2.05) is 6.07 Å². The van der Waals surface area contributed by atoms with E-state index in [0.29, 0.717) is 0 Å². The molecule has 0 aliphatic rings. The number of anilines is 2. The third-order valence-electron chi connectivity index (χ3n) is 2.78. The van der Waals surface area contributed by atoms with Crippen LogP contribution in [0.25, 0.3) is 0 Å². The minimum atomic E-state index is 0.845. The molecule has 0 atom stereocenters. The van der Waals surface area contributed by atoms with Gasteiger partial charge in [0, 0.05) is 39.3 Å². The van der Waals surface area contributed by atoms with Crippen molar-refractivity contribution in [2.24, 2.45) is 0 Å². The summed E-state index contributed by atoms with van der Waals surface area (Å²) in [5.41, 5.74) is 0. The summed E-state index contributed by atoms with van der Waals surface area (Å²) in [7, 11) is 1.74. The van der Waals surface area contributed by atoms with Gasteiger partial charge in [0.25, 0.3) is 0 Å². The van der Waals surface area contributed by atoms with Crippen LogP contribution in [0.4, 0.5) is 11.6 Å². The fraction of sp³-hybridized carbons (Fsp3) is 0.714. The SMILES string of the molecule is CCNc1cc(NCCCCCOC)nc(CC)n1. The smallest absolute Gasteiger partial charge is 0.132 e. The number of nitrogens with zero attached hydrogens (tertiary/aromatic N) is 2. The second-order valence-corrected chi connectivity index (χ2v) is 4.42. The van der Waals surface area contributed by atoms with Crippen LogP contribution in [-0.4, -0.2) is 36.8 Å². The van der Waals surface area contributed by atoms with Crippen LogP contribution in [0.3, 0.4) is 0 Å². The summed E-state index contributed by atoms with van der Waals surface area (Å²) >= 11 is 0. The van der Waals surface area contributed by atoms with E-state index in [4.69, 9.17) is 4.74 Å². The first-order chi connectivity index (χ1) is 9.30. The Balaban J connectivity index is 2.41. The number of methoxy groups -OCH3 is 1. The Labute approximate surface area is 116 Å². The van der Waals surface area contributed by atoms with Crippen molar-refractivity contribution in [1.82, 2.24) is 9.97 Å². The van der Waals surface area contributed by atoms with Crippen molar-refractivity contribution >= 4 is 11.6 Å². The first kappa shape index (κ1) is 15.7. The molecule has 1 aromatic heterocycles. The van der Waals surface area contributed by atoms with Crippen LogP contribution < -0.4 is 10.6 Å². The van der Waals surface area contributed by atoms with E-state index in [1.165, 1.54) is 6.42 Å². The van der Waals surface area contributed by atoms with Gasteiger partial charge in [-0.15, -0.1) is 0 Å². The van der Waals surface area contributed by atoms with Crippen LogP contribution >= 0.6 is 0 Å². The second kappa shape index (κ2) is 9.55. The molecule has 0 fully saturated rings. The zero-order valence-electron chi connectivity index (χ0n) is 12.3. The quantitative estimate of drug-likeness (QED) is 0.638. The Morgan fingerprint density at radius 1 is 1.05 bits per heavy atom. The average Bonchev–Trinajstić information content (AvgIpc) is 2.43. The molecule has 0 aliphatic carbocycles. The Kier molecular flexibility index (Phi) is 7.89. The molecule has 0 saturated carbocycles. The van der Waals surface area contributed by atoms with E-state index in [0.717, 1.165) is 56.4 Å². The van der Waals surface area contributed by atoms with Gasteiger partial charge in [-0.25, -0.2) is 9.97 Å². The zero-order chi connectivity index (χ0) is 13.9. The van der Waals surface area contributed by atoms with Crippen molar-refractivity contribution in [3.05, 3.63) is 11.9 Å². The van der Waals surface area contributed by atoms with Gasteiger partial charge < -0.3 is 15.4 Å². The maximum atomic E-state index is 5.03. The zero-order valence-corrected chi connectivity index (χ0v) is 12.3. The number of hydrogen-bond donors (Lipinski definition) is 2. The molecule has 19 heavy (non-hydrogen) atoms. The highest BCUT2D eigenvalue weighted by molar-refractivity contribution is 5.47. The Hall–Kier alpha value is -1.36. The monoisotopic (exact) mass is 266 g/mol. The molecule has 0 unspecified atom stereocenters. The Morgan fingerprint density at radius 3 is 2.42 bits per heavy atom. The first-order valence-corrected chi connectivity index (χ1v) is 7.14. The molecule has 0 amide bonds. The predicted molar refractivity (Wildman–Crippen MR) is 79.8 cm³/mol. The average molecular weight is 266 g/mol. The molecule has 1 rings (SSSR count). The lowest BCUT2D eigenvalue weighted by molar-refractivity contribution is 0.192. The van der Waals surface area contributed by atoms with E-state index in [1.54, 1.807) is 7.11 Å². The highest BCUT2D eigenvalue weighted by Crippen LogP contribution is 2.12. The summed E-state index contributed by atoms with van der Waals surface area (Å²) in [6.07, 6.45) is 4.27. The molecule has 1 heterocycles. The van der Waals surface area contributed by atoms with Gasteiger partial charge in [-0.1, -0.05) is 6.92 Å². The fourth-order valence-corrected chi connectivity index (χ4v) is 1.78. The van der Waals surface area contributed by atoms with Crippen molar-refractivity contribution in [2.75, 3.05) is 37.4 Å². The summed E-state index contributed by atoms with van der Waals surface area (Å²) < 4.78 is 5.03. The van der Waals surface area contributed by atoms with Crippen LogP contribution in [0.2, 0.25) is 0 Å². The van der Waals surface area contributed by atoms with Crippen LogP contribution in [0.5, 0.6) is 0 Å². The van der Waals surface area contributed by atoms with Gasteiger partial charge in [-0.05, 0) is 26.2 Å². The molecule has 0 bridgehead atoms. The predicted octanol–water partition coefficient (Wildman–Crippen LogP) is 2.70. The highest BCUT2D eigenvalue weighted by atomic mass is 16.5. The molecule has 108 valence electrons. The third-order valence-corrected chi connectivity index (χ3v) is 2.78. The van der Waals surface area contributed by atoms with E-state index in [2.05, 4.69) is 34.4 Å². The number of aryl methyl sites for hydroxylation is 1. The highest BCUT2D eigenvalue weighted by Gasteiger charge is 2.02. The van der Waals surface area contributed by atoms with E-state index >= 15 is 0 Å². The molecule has 5 nitrogen and oxygen atoms in total. The normalized spacial score (nSPS) is 10.5. The number of unbranched alkanes of at least 4 members (excludes halogenated alkanes) is 2. The Morgan fingerprint density at radius 2 is 1.79 bits per heavy atom. The number of rotatable bonds is 10. The summed E-state index contributed by atoms with van der Waals surface area (Å²) in [5, 5.41) is 6.60. The lowest BCUT2D eigenvalue weighted by Crippen LogP contribution is -2.09. The Bertz CT molecular complexity index is 357. The minimum Gasteiger partial charge on any atom is -0.385 e. The number of hydrogen-bond acceptors (Lipinski definition) is 5. The van der Waals surface area contributed by atoms with E-state index in [9.17, 15) is 0 Å². The van der Waals surface area contributed by atoms with E-state index in [-0.39, 0.29) is 0 Å². The fourth-order valence-electron chi connectivity index (χ4n) is 1.78. The molecule has 0 spiro atoms. The molecular weight excluding hydrogens is 240 g/mol. The van der Waals surface area contributed by atoms with Crippen LogP contribution in [0, 0.1) is 0 Å². The number of ether oxygens (including phenoxy) is 1. The summed E-state index contributed by atoms with van der Waals surface area (Å²) in [6.45, 7) is 6.79. The van der Waals surface area contributed by atoms with Crippen molar-refractivity contribution < 1.29 is 4.74 Å². The van der Waals surface area contributed by atoms with Gasteiger partial charge in [0.15, 0.2) is 0 Å². The van der Waals surface area contributed by atoms with Gasteiger partial charge in [0.05, 0.1) is 0 Å². The molecule has 0 aliphatic heterocycles. The van der Waals surface area contributed by atoms with Crippen molar-refractivity contribution in [3.63, 3.8) is 0 Å². The number of nitrogens with one attached hydrogen (secondary N) is 2. The molecule has 0 aromatic carbocycles. The first-order valence-electron chi connectivity index (χ1n) is 7.14. The topological polar surface area (TPSA) is 59.1 Å². The molecule has 0 saturated heterocycles. The number of aromatic nitrogens is 2. The molecule has 5 heteroatoms. The summed E-state index contributed by atoms with van der Waals surface area (Å²) in [5.74, 6) is 2.69. The maximum absolute atomic E-state index is 5.03. The maximum Gasteiger partial charge on any atom is 0.132 e. The third kappa shape index (κ3) is 6.38. The summed E-state index contributed by atoms with van der Waals surface area (Å²) in [4.78, 5) is 8.91. The largest absolute Gasteiger partial charge is 0.385 e. The van der Waals surface area contributed by atoms with Crippen LogP contribution in [0.15, 0.2) is 6.07 Å². The van der Waals surface area contributed by atoms with Crippen LogP contribution in [0.1, 0.15) is 38.9 Å². The molecule has 1 aromatic rings. The van der Waals surface area contributed by atoms with Gasteiger partial charge in [-0.2, -0.15) is 0 Å². The molecule has 2 N–H and O–H groups in total. The van der Waals surface area contributed by atoms with Gasteiger partial charge in [-0.3, -0.25) is 0 Å². The van der Waals surface area contributed by atoms with Crippen LogP contribution in [-0.2, 0) is 11.2 Å². The van der Waals surface area contributed by atoms with Gasteiger partial charge in [0.1, 0.15) is 17.5 Å².